The van der Waals surface area contributed by atoms with E-state index < -0.39 is 6.16 Å². The Hall–Kier alpha value is -2.36. The molecule has 2 rings (SSSR count). The lowest BCUT2D eigenvalue weighted by atomic mass is 10.1. The molecule has 0 amide bonds. The van der Waals surface area contributed by atoms with Crippen LogP contribution in [0.3, 0.4) is 0 Å². The molecular weight excluding hydrogens is 230 g/mol. The van der Waals surface area contributed by atoms with Gasteiger partial charge in [0.2, 0.25) is 0 Å². The summed E-state index contributed by atoms with van der Waals surface area (Å²) in [5.74, 6) is 0. The molecule has 0 aliphatic heterocycles. The average Bonchev–Trinajstić information content (AvgIpc) is 2.43. The Bertz CT molecular complexity index is 578. The zero-order valence-corrected chi connectivity index (χ0v) is 10.00. The van der Waals surface area contributed by atoms with Gasteiger partial charge in [-0.15, -0.1) is 0 Å². The van der Waals surface area contributed by atoms with Gasteiger partial charge in [-0.1, -0.05) is 18.2 Å². The van der Waals surface area contributed by atoms with Crippen molar-refractivity contribution in [2.24, 2.45) is 0 Å². The van der Waals surface area contributed by atoms with Crippen LogP contribution in [0, 0.1) is 0 Å². The van der Waals surface area contributed by atoms with Gasteiger partial charge in [0.1, 0.15) is 6.61 Å². The summed E-state index contributed by atoms with van der Waals surface area (Å²) in [5, 5.41) is 1.08. The van der Waals surface area contributed by atoms with E-state index in [0.717, 1.165) is 16.5 Å². The van der Waals surface area contributed by atoms with Crippen LogP contribution >= 0.6 is 0 Å². The van der Waals surface area contributed by atoms with Crippen molar-refractivity contribution >= 4 is 23.1 Å². The van der Waals surface area contributed by atoms with Gasteiger partial charge in [-0.2, -0.15) is 0 Å². The monoisotopic (exact) mass is 243 g/mol. The minimum Gasteiger partial charge on any atom is -0.438 e. The molecule has 4 nitrogen and oxygen atoms in total. The number of pyridine rings is 1. The van der Waals surface area contributed by atoms with Crippen molar-refractivity contribution in [3.63, 3.8) is 0 Å². The number of nitrogens with zero attached hydrogens (tertiary/aromatic N) is 1. The van der Waals surface area contributed by atoms with Crippen molar-refractivity contribution in [3.05, 3.63) is 48.2 Å². The zero-order valence-electron chi connectivity index (χ0n) is 10.00. The fraction of sp³-hybridized carbons (Fsp3) is 0.143. The molecule has 0 unspecified atom stereocenters. The lowest BCUT2D eigenvalue weighted by Crippen LogP contribution is -2.03. The number of hydrogen-bond donors (Lipinski definition) is 0. The minimum absolute atomic E-state index is 0.192. The Morgan fingerprint density at radius 3 is 3.11 bits per heavy atom. The smallest absolute Gasteiger partial charge is 0.438 e. The Balaban J connectivity index is 2.03. The second-order valence-corrected chi connectivity index (χ2v) is 3.62. The van der Waals surface area contributed by atoms with Gasteiger partial charge >= 0.3 is 6.16 Å². The summed E-state index contributed by atoms with van der Waals surface area (Å²) in [6.45, 7) is 0.192. The van der Waals surface area contributed by atoms with Gasteiger partial charge in [0.05, 0.1) is 12.6 Å². The molecule has 0 saturated carbocycles. The molecule has 2 aromatic rings. The third-order valence-corrected chi connectivity index (χ3v) is 2.40. The molecule has 0 saturated heterocycles. The Kier molecular flexibility index (Phi) is 3.91. The van der Waals surface area contributed by atoms with E-state index in [1.807, 2.05) is 36.4 Å². The van der Waals surface area contributed by atoms with Gasteiger partial charge in [-0.25, -0.2) is 4.79 Å². The lowest BCUT2D eigenvalue weighted by Gasteiger charge is -1.99. The van der Waals surface area contributed by atoms with Crippen LogP contribution in [0.2, 0.25) is 0 Å². The van der Waals surface area contributed by atoms with Crippen LogP contribution in [0.5, 0.6) is 0 Å². The van der Waals surface area contributed by atoms with E-state index in [0.29, 0.717) is 0 Å². The first-order chi connectivity index (χ1) is 8.79. The molecule has 0 aliphatic rings. The predicted molar refractivity (Wildman–Crippen MR) is 69.1 cm³/mol. The van der Waals surface area contributed by atoms with Crippen LogP contribution in [0.15, 0.2) is 42.6 Å². The summed E-state index contributed by atoms with van der Waals surface area (Å²) in [4.78, 5) is 15.0. The number of hydrogen-bond acceptors (Lipinski definition) is 4. The number of carbonyl (C=O) groups excluding carboxylic acids is 1. The number of carbonyl (C=O) groups is 1. The van der Waals surface area contributed by atoms with Crippen LogP contribution < -0.4 is 0 Å². The van der Waals surface area contributed by atoms with Crippen molar-refractivity contribution < 1.29 is 14.3 Å². The van der Waals surface area contributed by atoms with E-state index in [9.17, 15) is 4.79 Å². The molecule has 4 heteroatoms. The third-order valence-electron chi connectivity index (χ3n) is 2.40. The summed E-state index contributed by atoms with van der Waals surface area (Å²) in [6, 6.07) is 9.85. The fourth-order valence-corrected chi connectivity index (χ4v) is 1.56. The molecule has 0 spiro atoms. The summed E-state index contributed by atoms with van der Waals surface area (Å²) in [5.41, 5.74) is 1.99. The van der Waals surface area contributed by atoms with Gasteiger partial charge in [0, 0.05) is 11.6 Å². The maximum absolute atomic E-state index is 10.7. The number of benzene rings is 1. The molecular formula is C14H13NO3. The molecule has 1 aromatic carbocycles. The molecule has 92 valence electrons. The number of fused-ring (bicyclic) bond motifs is 1. The number of aromatic nitrogens is 1. The van der Waals surface area contributed by atoms with Gasteiger partial charge in [0.15, 0.2) is 0 Å². The standard InChI is InChI=1S/C14H13NO3/c1-17-14(16)18-9-3-4-11-6-7-13-12(10-11)5-2-8-15-13/h2-8,10H,9H2,1H3. The van der Waals surface area contributed by atoms with E-state index in [4.69, 9.17) is 4.74 Å². The lowest BCUT2D eigenvalue weighted by molar-refractivity contribution is 0.0819. The topological polar surface area (TPSA) is 48.4 Å². The van der Waals surface area contributed by atoms with Crippen LogP contribution in [0.1, 0.15) is 5.56 Å². The van der Waals surface area contributed by atoms with Gasteiger partial charge in [-0.05, 0) is 29.8 Å². The van der Waals surface area contributed by atoms with E-state index in [1.165, 1.54) is 7.11 Å². The SMILES string of the molecule is COC(=O)OCC=Cc1ccc2ncccc2c1. The predicted octanol–water partition coefficient (Wildman–Crippen LogP) is 3.03. The van der Waals surface area contributed by atoms with E-state index in [-0.39, 0.29) is 6.61 Å². The van der Waals surface area contributed by atoms with E-state index in [1.54, 1.807) is 12.3 Å². The quantitative estimate of drug-likeness (QED) is 0.777. The van der Waals surface area contributed by atoms with Gasteiger partial charge < -0.3 is 9.47 Å². The summed E-state index contributed by atoms with van der Waals surface area (Å²) in [6.07, 6.45) is 4.73. The van der Waals surface area contributed by atoms with Crippen molar-refractivity contribution in [1.29, 1.82) is 0 Å². The zero-order chi connectivity index (χ0) is 12.8. The highest BCUT2D eigenvalue weighted by Crippen LogP contribution is 2.14. The highest BCUT2D eigenvalue weighted by atomic mass is 16.7. The average molecular weight is 243 g/mol. The molecule has 0 radical (unpaired) electrons. The van der Waals surface area contributed by atoms with Crippen molar-refractivity contribution in [1.82, 2.24) is 4.98 Å². The number of methoxy groups -OCH3 is 1. The fourth-order valence-electron chi connectivity index (χ4n) is 1.56. The minimum atomic E-state index is -0.678. The molecule has 1 aromatic heterocycles. The molecule has 1 heterocycles. The third kappa shape index (κ3) is 3.07. The van der Waals surface area contributed by atoms with Crippen LogP contribution in [0.4, 0.5) is 4.79 Å². The molecule has 0 bridgehead atoms. The second-order valence-electron chi connectivity index (χ2n) is 3.62. The maximum Gasteiger partial charge on any atom is 0.508 e. The number of rotatable bonds is 3. The highest BCUT2D eigenvalue weighted by molar-refractivity contribution is 5.81. The molecule has 0 N–H and O–H groups in total. The van der Waals surface area contributed by atoms with Crippen LogP contribution in [0.25, 0.3) is 17.0 Å². The van der Waals surface area contributed by atoms with Gasteiger partial charge in [-0.3, -0.25) is 4.98 Å². The largest absolute Gasteiger partial charge is 0.508 e. The van der Waals surface area contributed by atoms with Gasteiger partial charge in [0.25, 0.3) is 0 Å². The van der Waals surface area contributed by atoms with E-state index in [2.05, 4.69) is 9.72 Å². The molecule has 0 atom stereocenters. The van der Waals surface area contributed by atoms with Crippen molar-refractivity contribution in [2.75, 3.05) is 13.7 Å². The number of ether oxygens (including phenoxy) is 2. The van der Waals surface area contributed by atoms with E-state index >= 15 is 0 Å². The van der Waals surface area contributed by atoms with Crippen molar-refractivity contribution in [2.45, 2.75) is 0 Å². The van der Waals surface area contributed by atoms with Crippen LogP contribution in [-0.4, -0.2) is 24.9 Å². The van der Waals surface area contributed by atoms with Crippen LogP contribution in [-0.2, 0) is 9.47 Å². The Labute approximate surface area is 105 Å². The Morgan fingerprint density at radius 1 is 1.39 bits per heavy atom. The molecule has 18 heavy (non-hydrogen) atoms. The summed E-state index contributed by atoms with van der Waals surface area (Å²) in [7, 11) is 1.28. The normalized spacial score (nSPS) is 10.7. The second kappa shape index (κ2) is 5.82. The first-order valence-corrected chi connectivity index (χ1v) is 5.51. The first-order valence-electron chi connectivity index (χ1n) is 5.51. The molecule has 0 aliphatic carbocycles. The first kappa shape index (κ1) is 12.1. The summed E-state index contributed by atoms with van der Waals surface area (Å²) >= 11 is 0. The Morgan fingerprint density at radius 2 is 2.28 bits per heavy atom. The highest BCUT2D eigenvalue weighted by Gasteiger charge is 1.96. The van der Waals surface area contributed by atoms with Crippen molar-refractivity contribution in [3.8, 4) is 0 Å². The maximum atomic E-state index is 10.7. The molecule has 0 fully saturated rings. The summed E-state index contributed by atoms with van der Waals surface area (Å²) < 4.78 is 9.10.